The van der Waals surface area contributed by atoms with Gasteiger partial charge in [-0.15, -0.1) is 23.1 Å². The zero-order valence-electron chi connectivity index (χ0n) is 11.5. The van der Waals surface area contributed by atoms with Gasteiger partial charge in [-0.3, -0.25) is 0 Å². The Morgan fingerprint density at radius 2 is 2.21 bits per heavy atom. The molecule has 0 aromatic carbocycles. The lowest BCUT2D eigenvalue weighted by Gasteiger charge is -2.29. The number of fused-ring (bicyclic) bond motifs is 1. The van der Waals surface area contributed by atoms with Crippen molar-refractivity contribution >= 4 is 23.1 Å². The van der Waals surface area contributed by atoms with E-state index in [0.29, 0.717) is 17.2 Å². The normalized spacial score (nSPS) is 29.4. The first kappa shape index (κ1) is 13.9. The van der Waals surface area contributed by atoms with Crippen LogP contribution in [0.3, 0.4) is 0 Å². The average molecular weight is 297 g/mol. The molecule has 0 spiro atoms. The van der Waals surface area contributed by atoms with Crippen molar-refractivity contribution in [3.05, 3.63) is 17.0 Å². The van der Waals surface area contributed by atoms with E-state index in [1.54, 1.807) is 0 Å². The molecule has 1 aliphatic carbocycles. The van der Waals surface area contributed by atoms with Gasteiger partial charge in [-0.25, -0.2) is 0 Å². The summed E-state index contributed by atoms with van der Waals surface area (Å²) in [7, 11) is 0. The van der Waals surface area contributed by atoms with Crippen molar-refractivity contribution in [3.63, 3.8) is 0 Å². The van der Waals surface area contributed by atoms with Gasteiger partial charge in [-0.1, -0.05) is 19.8 Å². The summed E-state index contributed by atoms with van der Waals surface area (Å²) in [6, 6.07) is 2.69. The van der Waals surface area contributed by atoms with Gasteiger partial charge in [0, 0.05) is 17.8 Å². The van der Waals surface area contributed by atoms with Gasteiger partial charge in [0.15, 0.2) is 0 Å². The monoisotopic (exact) mass is 297 g/mol. The van der Waals surface area contributed by atoms with Gasteiger partial charge in [0.1, 0.15) is 0 Å². The maximum absolute atomic E-state index is 10.3. The van der Waals surface area contributed by atoms with E-state index in [-0.39, 0.29) is 6.10 Å². The van der Waals surface area contributed by atoms with Gasteiger partial charge < -0.3 is 10.4 Å². The molecule has 0 radical (unpaired) electrons. The van der Waals surface area contributed by atoms with Crippen LogP contribution in [-0.4, -0.2) is 23.0 Å². The number of aliphatic hydroxyl groups is 1. The van der Waals surface area contributed by atoms with Gasteiger partial charge in [0.2, 0.25) is 0 Å². The first-order valence-electron chi connectivity index (χ1n) is 7.39. The van der Waals surface area contributed by atoms with Crippen molar-refractivity contribution in [2.75, 3.05) is 6.54 Å². The quantitative estimate of drug-likeness (QED) is 0.886. The van der Waals surface area contributed by atoms with E-state index in [4.69, 9.17) is 0 Å². The third kappa shape index (κ3) is 3.18. The second kappa shape index (κ2) is 6.17. The molecule has 2 unspecified atom stereocenters. The molecule has 2 heterocycles. The number of thioether (sulfide) groups is 1. The summed E-state index contributed by atoms with van der Waals surface area (Å²) in [5.74, 6) is 0.532. The molecule has 1 saturated carbocycles. The Kier molecular flexibility index (Phi) is 4.52. The van der Waals surface area contributed by atoms with Crippen molar-refractivity contribution in [1.29, 1.82) is 0 Å². The van der Waals surface area contributed by atoms with Crippen LogP contribution in [0.15, 0.2) is 15.7 Å². The molecule has 3 atom stereocenters. The molecule has 0 amide bonds. The molecule has 2 nitrogen and oxygen atoms in total. The molecule has 1 fully saturated rings. The number of thiophene rings is 1. The van der Waals surface area contributed by atoms with Crippen molar-refractivity contribution in [2.45, 2.75) is 60.6 Å². The summed E-state index contributed by atoms with van der Waals surface area (Å²) in [6.45, 7) is 3.05. The van der Waals surface area contributed by atoms with E-state index in [1.165, 1.54) is 41.9 Å². The lowest BCUT2D eigenvalue weighted by molar-refractivity contribution is 0.105. The summed E-state index contributed by atoms with van der Waals surface area (Å²) >= 11 is 3.85. The molecule has 2 N–H and O–H groups in total. The van der Waals surface area contributed by atoms with Crippen LogP contribution in [0.2, 0.25) is 0 Å². The topological polar surface area (TPSA) is 32.3 Å². The minimum absolute atomic E-state index is 0.158. The van der Waals surface area contributed by atoms with Gasteiger partial charge in [-0.2, -0.15) is 0 Å². The fourth-order valence-electron chi connectivity index (χ4n) is 3.31. The zero-order chi connectivity index (χ0) is 13.2. The highest BCUT2D eigenvalue weighted by Crippen LogP contribution is 2.43. The van der Waals surface area contributed by atoms with Crippen LogP contribution in [0.25, 0.3) is 0 Å². The van der Waals surface area contributed by atoms with Crippen LogP contribution in [0.5, 0.6) is 0 Å². The van der Waals surface area contributed by atoms with Gasteiger partial charge in [-0.05, 0) is 42.2 Å². The van der Waals surface area contributed by atoms with E-state index < -0.39 is 0 Å². The maximum atomic E-state index is 10.3. The van der Waals surface area contributed by atoms with Crippen molar-refractivity contribution in [2.24, 2.45) is 5.92 Å². The van der Waals surface area contributed by atoms with E-state index in [0.717, 1.165) is 6.54 Å². The number of aliphatic hydroxyl groups excluding tert-OH is 1. The van der Waals surface area contributed by atoms with Crippen LogP contribution < -0.4 is 5.32 Å². The Morgan fingerprint density at radius 1 is 1.42 bits per heavy atom. The molecule has 1 aromatic heterocycles. The summed E-state index contributed by atoms with van der Waals surface area (Å²) in [5, 5.41) is 16.8. The van der Waals surface area contributed by atoms with Gasteiger partial charge in [0.05, 0.1) is 10.3 Å². The first-order chi connectivity index (χ1) is 9.24. The Labute approximate surface area is 124 Å². The fourth-order valence-corrected chi connectivity index (χ4v) is 5.88. The van der Waals surface area contributed by atoms with E-state index in [1.807, 2.05) is 23.1 Å². The molecule has 3 rings (SSSR count). The van der Waals surface area contributed by atoms with Gasteiger partial charge in [0.25, 0.3) is 0 Å². The Hall–Kier alpha value is -0.0300. The largest absolute Gasteiger partial charge is 0.392 e. The minimum atomic E-state index is -0.158. The average Bonchev–Trinajstić information content (AvgIpc) is 3.05. The number of nitrogens with one attached hydrogen (secondary N) is 1. The molecule has 2 aliphatic rings. The third-order valence-electron chi connectivity index (χ3n) is 4.43. The highest BCUT2D eigenvalue weighted by Gasteiger charge is 2.28. The number of hydrogen-bond acceptors (Lipinski definition) is 4. The van der Waals surface area contributed by atoms with Crippen molar-refractivity contribution in [3.8, 4) is 0 Å². The van der Waals surface area contributed by atoms with Crippen molar-refractivity contribution < 1.29 is 5.11 Å². The smallest absolute Gasteiger partial charge is 0.0692 e. The number of hydrogen-bond donors (Lipinski definition) is 2. The third-order valence-corrected chi connectivity index (χ3v) is 6.77. The molecule has 0 bridgehead atoms. The van der Waals surface area contributed by atoms with Gasteiger partial charge >= 0.3 is 0 Å². The lowest BCUT2D eigenvalue weighted by Crippen LogP contribution is -2.36. The predicted molar refractivity (Wildman–Crippen MR) is 83.0 cm³/mol. The lowest BCUT2D eigenvalue weighted by atomic mass is 9.99. The molecule has 4 heteroatoms. The minimum Gasteiger partial charge on any atom is -0.392 e. The van der Waals surface area contributed by atoms with Crippen LogP contribution in [0.4, 0.5) is 0 Å². The molecule has 0 saturated heterocycles. The highest BCUT2D eigenvalue weighted by molar-refractivity contribution is 8.01. The fraction of sp³-hybridized carbons (Fsp3) is 0.733. The summed E-state index contributed by atoms with van der Waals surface area (Å²) < 4.78 is 1.46. The van der Waals surface area contributed by atoms with Crippen LogP contribution in [-0.2, 0) is 0 Å². The standard InChI is InChI=1S/C15H23NOS2/c1-10-8-13(12-6-7-18-15(12)19-10)16-9-14(17)11-4-2-3-5-11/h6-7,10-11,13-14,16-17H,2-5,8-9H2,1H3/t10-,13?,14?/m0/s1. The predicted octanol–water partition coefficient (Wildman–Crippen LogP) is 3.81. The van der Waals surface area contributed by atoms with E-state index in [9.17, 15) is 5.11 Å². The van der Waals surface area contributed by atoms with E-state index >= 15 is 0 Å². The molecular formula is C15H23NOS2. The van der Waals surface area contributed by atoms with E-state index in [2.05, 4.69) is 23.7 Å². The van der Waals surface area contributed by atoms with Crippen LogP contribution in [0, 0.1) is 5.92 Å². The molecule has 106 valence electrons. The first-order valence-corrected chi connectivity index (χ1v) is 9.15. The Balaban J connectivity index is 1.58. The number of rotatable bonds is 4. The molecular weight excluding hydrogens is 274 g/mol. The summed E-state index contributed by atoms with van der Waals surface area (Å²) in [6.07, 6.45) is 6.04. The maximum Gasteiger partial charge on any atom is 0.0692 e. The second-order valence-corrected chi connectivity index (χ2v) is 8.52. The van der Waals surface area contributed by atoms with Crippen LogP contribution >= 0.6 is 23.1 Å². The molecule has 1 aliphatic heterocycles. The molecule has 19 heavy (non-hydrogen) atoms. The Bertz CT molecular complexity index is 414. The van der Waals surface area contributed by atoms with Crippen molar-refractivity contribution in [1.82, 2.24) is 5.32 Å². The van der Waals surface area contributed by atoms with Crippen LogP contribution in [0.1, 0.15) is 50.6 Å². The second-order valence-electron chi connectivity index (χ2n) is 5.90. The summed E-state index contributed by atoms with van der Waals surface area (Å²) in [5.41, 5.74) is 1.45. The zero-order valence-corrected chi connectivity index (χ0v) is 13.1. The SMILES string of the molecule is C[C@H]1CC(NCC(O)C2CCCC2)c2ccsc2S1. The Morgan fingerprint density at radius 3 is 3.00 bits per heavy atom. The molecule has 1 aromatic rings. The summed E-state index contributed by atoms with van der Waals surface area (Å²) in [4.78, 5) is 0. The highest BCUT2D eigenvalue weighted by atomic mass is 32.2.